The molecule has 0 bridgehead atoms. The van der Waals surface area contributed by atoms with Crippen molar-refractivity contribution in [2.24, 2.45) is 5.92 Å². The average Bonchev–Trinajstić information content (AvgIpc) is 2.47. The first-order valence-electron chi connectivity index (χ1n) is 7.20. The molecule has 0 heterocycles. The molecule has 1 saturated carbocycles. The van der Waals surface area contributed by atoms with Crippen molar-refractivity contribution < 1.29 is 4.79 Å². The number of amides is 2. The summed E-state index contributed by atoms with van der Waals surface area (Å²) in [7, 11) is 0. The van der Waals surface area contributed by atoms with Gasteiger partial charge in [-0.1, -0.05) is 37.5 Å². The Labute approximate surface area is 116 Å². The molecule has 1 radical (unpaired) electrons. The molecule has 19 heavy (non-hydrogen) atoms. The molecule has 0 unspecified atom stereocenters. The van der Waals surface area contributed by atoms with Crippen LogP contribution in [0.15, 0.2) is 30.3 Å². The van der Waals surface area contributed by atoms with Crippen LogP contribution in [0.3, 0.4) is 0 Å². The summed E-state index contributed by atoms with van der Waals surface area (Å²) in [4.78, 5) is 14.0. The van der Waals surface area contributed by atoms with Crippen molar-refractivity contribution in [3.63, 3.8) is 0 Å². The second kappa shape index (κ2) is 7.17. The smallest absolute Gasteiger partial charge is 0.321 e. The Morgan fingerprint density at radius 2 is 1.89 bits per heavy atom. The van der Waals surface area contributed by atoms with Crippen LogP contribution in [0.2, 0.25) is 0 Å². The topological polar surface area (TPSA) is 32.3 Å². The fourth-order valence-corrected chi connectivity index (χ4v) is 2.68. The molecule has 0 atom stereocenters. The summed E-state index contributed by atoms with van der Waals surface area (Å²) in [5.74, 6) is 0.650. The highest BCUT2D eigenvalue weighted by Gasteiger charge is 2.19. The lowest BCUT2D eigenvalue weighted by Crippen LogP contribution is -2.38. The lowest BCUT2D eigenvalue weighted by atomic mass is 9.89. The summed E-state index contributed by atoms with van der Waals surface area (Å²) < 4.78 is 0. The largest absolute Gasteiger partial charge is 0.324 e. The van der Waals surface area contributed by atoms with E-state index >= 15 is 0 Å². The van der Waals surface area contributed by atoms with E-state index < -0.39 is 0 Å². The third kappa shape index (κ3) is 4.27. The Bertz CT molecular complexity index is 385. The molecule has 0 saturated heterocycles. The Morgan fingerprint density at radius 1 is 1.21 bits per heavy atom. The van der Waals surface area contributed by atoms with E-state index in [0.29, 0.717) is 12.5 Å². The van der Waals surface area contributed by atoms with E-state index in [1.165, 1.54) is 32.1 Å². The van der Waals surface area contributed by atoms with Crippen LogP contribution in [-0.2, 0) is 0 Å². The van der Waals surface area contributed by atoms with Crippen molar-refractivity contribution in [2.75, 3.05) is 18.4 Å². The maximum Gasteiger partial charge on any atom is 0.321 e. The van der Waals surface area contributed by atoms with Gasteiger partial charge in [-0.2, -0.15) is 0 Å². The summed E-state index contributed by atoms with van der Waals surface area (Å²) in [6.45, 7) is 5.24. The average molecular weight is 259 g/mol. The zero-order chi connectivity index (χ0) is 13.5. The Hall–Kier alpha value is -1.51. The number of rotatable bonds is 4. The van der Waals surface area contributed by atoms with E-state index in [9.17, 15) is 4.79 Å². The van der Waals surface area contributed by atoms with Gasteiger partial charge in [-0.15, -0.1) is 0 Å². The zero-order valence-electron chi connectivity index (χ0n) is 11.5. The monoisotopic (exact) mass is 259 g/mol. The van der Waals surface area contributed by atoms with Crippen LogP contribution in [-0.4, -0.2) is 24.0 Å². The lowest BCUT2D eigenvalue weighted by molar-refractivity contribution is 0.197. The van der Waals surface area contributed by atoms with E-state index in [1.54, 1.807) is 0 Å². The van der Waals surface area contributed by atoms with Crippen molar-refractivity contribution in [2.45, 2.75) is 32.1 Å². The van der Waals surface area contributed by atoms with Crippen LogP contribution in [0, 0.1) is 12.8 Å². The minimum atomic E-state index is -0.0354. The zero-order valence-corrected chi connectivity index (χ0v) is 11.5. The molecule has 2 rings (SSSR count). The van der Waals surface area contributed by atoms with Crippen LogP contribution >= 0.6 is 0 Å². The molecule has 0 aromatic heterocycles. The van der Waals surface area contributed by atoms with Gasteiger partial charge in [0.25, 0.3) is 0 Å². The third-order valence-electron chi connectivity index (χ3n) is 3.79. The van der Waals surface area contributed by atoms with Gasteiger partial charge < -0.3 is 10.2 Å². The molecular weight excluding hydrogens is 236 g/mol. The van der Waals surface area contributed by atoms with Crippen LogP contribution in [0.1, 0.15) is 32.1 Å². The quantitative estimate of drug-likeness (QED) is 0.873. The summed E-state index contributed by atoms with van der Waals surface area (Å²) in [6, 6.07) is 9.55. The van der Waals surface area contributed by atoms with E-state index in [1.807, 2.05) is 35.2 Å². The molecule has 3 nitrogen and oxygen atoms in total. The molecule has 3 heteroatoms. The number of nitrogens with zero attached hydrogens (tertiary/aromatic N) is 1. The first-order valence-corrected chi connectivity index (χ1v) is 7.20. The molecule has 0 aliphatic heterocycles. The fraction of sp³-hybridized carbons (Fsp3) is 0.500. The van der Waals surface area contributed by atoms with Gasteiger partial charge in [0, 0.05) is 18.8 Å². The first-order chi connectivity index (χ1) is 9.29. The van der Waals surface area contributed by atoms with Crippen molar-refractivity contribution in [3.05, 3.63) is 37.3 Å². The predicted octanol–water partition coefficient (Wildman–Crippen LogP) is 3.93. The number of carbonyl (C=O) groups is 1. The molecule has 1 N–H and O–H groups in total. The van der Waals surface area contributed by atoms with Gasteiger partial charge in [0.15, 0.2) is 0 Å². The summed E-state index contributed by atoms with van der Waals surface area (Å²) in [6.07, 6.45) is 6.44. The minimum absolute atomic E-state index is 0.0354. The SMILES string of the molecule is [CH2]CN(CC1CCCCC1)C(=O)Nc1ccccc1. The van der Waals surface area contributed by atoms with E-state index in [0.717, 1.165) is 12.2 Å². The number of carbonyl (C=O) groups excluding carboxylic acids is 1. The number of urea groups is 1. The van der Waals surface area contributed by atoms with Crippen LogP contribution < -0.4 is 5.32 Å². The van der Waals surface area contributed by atoms with Crippen molar-refractivity contribution >= 4 is 11.7 Å². The van der Waals surface area contributed by atoms with E-state index in [4.69, 9.17) is 0 Å². The number of benzene rings is 1. The fourth-order valence-electron chi connectivity index (χ4n) is 2.68. The third-order valence-corrected chi connectivity index (χ3v) is 3.79. The molecule has 103 valence electrons. The standard InChI is InChI=1S/C16H23N2O/c1-2-18(13-14-9-5-3-6-10-14)16(19)17-15-11-7-4-8-12-15/h4,7-8,11-12,14H,1-3,5-6,9-10,13H2,(H,17,19). The number of nitrogens with one attached hydrogen (secondary N) is 1. The van der Waals surface area contributed by atoms with Gasteiger partial charge in [-0.05, 0) is 37.8 Å². The molecule has 0 spiro atoms. The maximum atomic E-state index is 12.2. The molecule has 1 aliphatic rings. The van der Waals surface area contributed by atoms with Gasteiger partial charge in [0.2, 0.25) is 0 Å². The van der Waals surface area contributed by atoms with Crippen LogP contribution in [0.4, 0.5) is 10.5 Å². The number of hydrogen-bond acceptors (Lipinski definition) is 1. The van der Waals surface area contributed by atoms with Gasteiger partial charge in [0.05, 0.1) is 0 Å². The molecule has 1 aromatic rings. The highest BCUT2D eigenvalue weighted by Crippen LogP contribution is 2.24. The highest BCUT2D eigenvalue weighted by atomic mass is 16.2. The number of para-hydroxylation sites is 1. The first kappa shape index (κ1) is 13.9. The summed E-state index contributed by atoms with van der Waals surface area (Å²) >= 11 is 0. The van der Waals surface area contributed by atoms with Crippen LogP contribution in [0.25, 0.3) is 0 Å². The Kier molecular flexibility index (Phi) is 5.25. The van der Waals surface area contributed by atoms with Crippen molar-refractivity contribution in [3.8, 4) is 0 Å². The predicted molar refractivity (Wildman–Crippen MR) is 79.0 cm³/mol. The summed E-state index contributed by atoms with van der Waals surface area (Å²) in [5.41, 5.74) is 0.842. The molecule has 2 amide bonds. The van der Waals surface area contributed by atoms with E-state index in [-0.39, 0.29) is 6.03 Å². The number of anilines is 1. The van der Waals surface area contributed by atoms with Gasteiger partial charge in [0.1, 0.15) is 0 Å². The molecular formula is C16H23N2O. The van der Waals surface area contributed by atoms with Crippen molar-refractivity contribution in [1.82, 2.24) is 4.90 Å². The molecule has 1 aliphatic carbocycles. The normalized spacial score (nSPS) is 16.1. The van der Waals surface area contributed by atoms with Gasteiger partial charge in [-0.3, -0.25) is 0 Å². The molecule has 1 aromatic carbocycles. The summed E-state index contributed by atoms with van der Waals surface area (Å²) in [5, 5.41) is 2.93. The van der Waals surface area contributed by atoms with Gasteiger partial charge in [-0.25, -0.2) is 4.79 Å². The Balaban J connectivity index is 1.87. The maximum absolute atomic E-state index is 12.2. The molecule has 1 fully saturated rings. The lowest BCUT2D eigenvalue weighted by Gasteiger charge is -2.29. The second-order valence-electron chi connectivity index (χ2n) is 5.25. The van der Waals surface area contributed by atoms with E-state index in [2.05, 4.69) is 12.2 Å². The van der Waals surface area contributed by atoms with Crippen LogP contribution in [0.5, 0.6) is 0 Å². The van der Waals surface area contributed by atoms with Gasteiger partial charge >= 0.3 is 6.03 Å². The van der Waals surface area contributed by atoms with Crippen molar-refractivity contribution in [1.29, 1.82) is 0 Å². The number of hydrogen-bond donors (Lipinski definition) is 1. The minimum Gasteiger partial charge on any atom is -0.324 e. The second-order valence-corrected chi connectivity index (χ2v) is 5.25. The highest BCUT2D eigenvalue weighted by molar-refractivity contribution is 5.89. The Morgan fingerprint density at radius 3 is 2.53 bits per heavy atom.